The molecule has 204 valence electrons. The zero-order chi connectivity index (χ0) is 27.9. The molecule has 0 radical (unpaired) electrons. The maximum Gasteiger partial charge on any atom is 0.256 e. The van der Waals surface area contributed by atoms with Gasteiger partial charge in [-0.3, -0.25) is 14.1 Å². The maximum atomic E-state index is 12.9. The first-order valence-electron chi connectivity index (χ1n) is 13.3. The summed E-state index contributed by atoms with van der Waals surface area (Å²) in [4.78, 5) is 30.9. The number of pyridine rings is 1. The number of amides is 1. The highest BCUT2D eigenvalue weighted by Crippen LogP contribution is 2.31. The molecular weight excluding hydrogens is 488 g/mol. The number of nitrogens with one attached hydrogen (secondary N) is 1. The summed E-state index contributed by atoms with van der Waals surface area (Å²) in [5.41, 5.74) is 10.4. The number of rotatable bonds is 11. The monoisotopic (exact) mass is 526 g/mol. The highest BCUT2D eigenvalue weighted by molar-refractivity contribution is 6.04. The number of nitrogen functional groups attached to an aromatic ring is 1. The molecule has 39 heavy (non-hydrogen) atoms. The summed E-state index contributed by atoms with van der Waals surface area (Å²) < 4.78 is 2.01. The van der Waals surface area contributed by atoms with Gasteiger partial charge in [-0.2, -0.15) is 0 Å². The summed E-state index contributed by atoms with van der Waals surface area (Å²) >= 11 is 0. The molecule has 3 heterocycles. The molecule has 1 amide bonds. The standard InChI is InChI=1S/C30H38N8O/c1-6-9-22-14-15-32-25(20-22)34-30(39)24-12-10-23(11-13-24)26-27-28(31)33-16-19-38(27)29(35-26)21(2)37(5)18-8-7-17-36(3)4/h7-8,10-16,19-21H,6,9,17-18H2,1-5H3,(H2,31,33)(H,32,34,39)/b8-7+/t21-/m0/s1. The number of aromatic nitrogens is 4. The Labute approximate surface area is 230 Å². The largest absolute Gasteiger partial charge is 0.382 e. The third-order valence-electron chi connectivity index (χ3n) is 6.70. The van der Waals surface area contributed by atoms with Crippen molar-refractivity contribution in [2.75, 3.05) is 45.3 Å². The van der Waals surface area contributed by atoms with Gasteiger partial charge in [0.15, 0.2) is 0 Å². The van der Waals surface area contributed by atoms with Gasteiger partial charge in [0.05, 0.1) is 6.04 Å². The summed E-state index contributed by atoms with van der Waals surface area (Å²) in [6.45, 7) is 5.95. The van der Waals surface area contributed by atoms with Crippen LogP contribution < -0.4 is 11.1 Å². The predicted octanol–water partition coefficient (Wildman–Crippen LogP) is 4.69. The van der Waals surface area contributed by atoms with Crippen LogP contribution in [0.4, 0.5) is 11.6 Å². The molecule has 0 saturated carbocycles. The van der Waals surface area contributed by atoms with E-state index in [1.54, 1.807) is 24.5 Å². The van der Waals surface area contributed by atoms with Crippen LogP contribution in [-0.4, -0.2) is 69.3 Å². The van der Waals surface area contributed by atoms with E-state index in [0.29, 0.717) is 17.2 Å². The molecule has 9 nitrogen and oxygen atoms in total. The van der Waals surface area contributed by atoms with E-state index in [0.717, 1.165) is 54.1 Å². The molecule has 0 aliphatic rings. The molecule has 3 N–H and O–H groups in total. The smallest absolute Gasteiger partial charge is 0.256 e. The minimum Gasteiger partial charge on any atom is -0.382 e. The van der Waals surface area contributed by atoms with E-state index in [-0.39, 0.29) is 11.9 Å². The van der Waals surface area contributed by atoms with Crippen molar-refractivity contribution >= 4 is 23.1 Å². The van der Waals surface area contributed by atoms with Gasteiger partial charge in [0.2, 0.25) is 0 Å². The number of nitrogens with zero attached hydrogens (tertiary/aromatic N) is 6. The highest BCUT2D eigenvalue weighted by atomic mass is 16.1. The Morgan fingerprint density at radius 3 is 2.54 bits per heavy atom. The van der Waals surface area contributed by atoms with Gasteiger partial charge in [0.25, 0.3) is 5.91 Å². The fraction of sp³-hybridized carbons (Fsp3) is 0.333. The molecule has 4 aromatic rings. The molecule has 0 spiro atoms. The van der Waals surface area contributed by atoms with Crippen LogP contribution in [0.5, 0.6) is 0 Å². The van der Waals surface area contributed by atoms with E-state index >= 15 is 0 Å². The average molecular weight is 527 g/mol. The number of imidazole rings is 1. The second-order valence-electron chi connectivity index (χ2n) is 10.0. The van der Waals surface area contributed by atoms with E-state index in [4.69, 9.17) is 10.7 Å². The Kier molecular flexibility index (Phi) is 9.06. The molecular formula is C30H38N8O. The molecule has 1 aromatic carbocycles. The predicted molar refractivity (Wildman–Crippen MR) is 158 cm³/mol. The van der Waals surface area contributed by atoms with Crippen molar-refractivity contribution < 1.29 is 4.79 Å². The number of fused-ring (bicyclic) bond motifs is 1. The minimum absolute atomic E-state index is 0.0260. The van der Waals surface area contributed by atoms with Crippen molar-refractivity contribution in [3.63, 3.8) is 0 Å². The van der Waals surface area contributed by atoms with E-state index in [1.165, 1.54) is 0 Å². The average Bonchev–Trinajstić information content (AvgIpc) is 3.32. The normalized spacial score (nSPS) is 12.6. The Hall–Kier alpha value is -4.08. The lowest BCUT2D eigenvalue weighted by Gasteiger charge is -2.22. The van der Waals surface area contributed by atoms with Gasteiger partial charge >= 0.3 is 0 Å². The van der Waals surface area contributed by atoms with Crippen LogP contribution >= 0.6 is 0 Å². The fourth-order valence-electron chi connectivity index (χ4n) is 4.42. The zero-order valence-corrected chi connectivity index (χ0v) is 23.4. The van der Waals surface area contributed by atoms with Gasteiger partial charge < -0.3 is 16.0 Å². The van der Waals surface area contributed by atoms with Crippen LogP contribution in [0.2, 0.25) is 0 Å². The summed E-state index contributed by atoms with van der Waals surface area (Å²) in [6, 6.07) is 11.3. The third-order valence-corrected chi connectivity index (χ3v) is 6.70. The van der Waals surface area contributed by atoms with Crippen molar-refractivity contribution in [3.05, 3.63) is 84.1 Å². The molecule has 3 aromatic heterocycles. The molecule has 0 unspecified atom stereocenters. The van der Waals surface area contributed by atoms with E-state index in [1.807, 2.05) is 34.9 Å². The Morgan fingerprint density at radius 2 is 1.82 bits per heavy atom. The molecule has 4 rings (SSSR count). The number of hydrogen-bond donors (Lipinski definition) is 2. The Balaban J connectivity index is 1.57. The van der Waals surface area contributed by atoms with Gasteiger partial charge in [0.1, 0.15) is 28.7 Å². The molecule has 0 fully saturated rings. The van der Waals surface area contributed by atoms with Crippen molar-refractivity contribution in [1.82, 2.24) is 29.2 Å². The van der Waals surface area contributed by atoms with Crippen molar-refractivity contribution in [2.45, 2.75) is 32.7 Å². The SMILES string of the molecule is CCCc1ccnc(NC(=O)c2ccc(-c3nc([C@H](C)N(C)C/C=C/CN(C)C)n4ccnc(N)c34)cc2)c1. The number of benzene rings is 1. The molecule has 1 atom stereocenters. The highest BCUT2D eigenvalue weighted by Gasteiger charge is 2.22. The van der Waals surface area contributed by atoms with Gasteiger partial charge in [-0.1, -0.05) is 37.6 Å². The van der Waals surface area contributed by atoms with Crippen LogP contribution in [-0.2, 0) is 6.42 Å². The number of aryl methyl sites for hydroxylation is 1. The van der Waals surface area contributed by atoms with Crippen LogP contribution in [0.1, 0.15) is 48.1 Å². The quantitative estimate of drug-likeness (QED) is 0.273. The molecule has 0 bridgehead atoms. The summed E-state index contributed by atoms with van der Waals surface area (Å²) in [7, 11) is 6.18. The first kappa shape index (κ1) is 27.9. The zero-order valence-electron chi connectivity index (χ0n) is 23.4. The van der Waals surface area contributed by atoms with Crippen LogP contribution in [0, 0.1) is 0 Å². The van der Waals surface area contributed by atoms with E-state index in [9.17, 15) is 4.79 Å². The van der Waals surface area contributed by atoms with Crippen molar-refractivity contribution in [1.29, 1.82) is 0 Å². The summed E-state index contributed by atoms with van der Waals surface area (Å²) in [5.74, 6) is 1.62. The number of anilines is 2. The summed E-state index contributed by atoms with van der Waals surface area (Å²) in [5, 5.41) is 2.90. The number of carbonyl (C=O) groups is 1. The Morgan fingerprint density at radius 1 is 1.08 bits per heavy atom. The molecule has 0 aliphatic carbocycles. The molecule has 0 aliphatic heterocycles. The number of carbonyl (C=O) groups excluding carboxylic acids is 1. The molecule has 0 saturated heterocycles. The van der Waals surface area contributed by atoms with E-state index < -0.39 is 0 Å². The lowest BCUT2D eigenvalue weighted by atomic mass is 10.1. The van der Waals surface area contributed by atoms with Crippen LogP contribution in [0.25, 0.3) is 16.8 Å². The summed E-state index contributed by atoms with van der Waals surface area (Å²) in [6.07, 6.45) is 11.6. The van der Waals surface area contributed by atoms with Gasteiger partial charge in [-0.25, -0.2) is 15.0 Å². The van der Waals surface area contributed by atoms with Crippen LogP contribution in [0.3, 0.4) is 0 Å². The van der Waals surface area contributed by atoms with Crippen LogP contribution in [0.15, 0.2) is 67.1 Å². The fourth-order valence-corrected chi connectivity index (χ4v) is 4.42. The van der Waals surface area contributed by atoms with Crippen molar-refractivity contribution in [2.24, 2.45) is 0 Å². The molecule has 9 heteroatoms. The second kappa shape index (κ2) is 12.6. The lowest BCUT2D eigenvalue weighted by Crippen LogP contribution is -2.24. The van der Waals surface area contributed by atoms with Gasteiger partial charge in [-0.15, -0.1) is 0 Å². The Bertz CT molecular complexity index is 1440. The second-order valence-corrected chi connectivity index (χ2v) is 10.0. The lowest BCUT2D eigenvalue weighted by molar-refractivity contribution is 0.102. The number of hydrogen-bond acceptors (Lipinski definition) is 7. The topological polar surface area (TPSA) is 105 Å². The first-order chi connectivity index (χ1) is 18.8. The first-order valence-corrected chi connectivity index (χ1v) is 13.3. The number of nitrogens with two attached hydrogens (primary N) is 1. The minimum atomic E-state index is -0.211. The van der Waals surface area contributed by atoms with Crippen molar-refractivity contribution in [3.8, 4) is 11.3 Å². The van der Waals surface area contributed by atoms with Gasteiger partial charge in [-0.05, 0) is 64.3 Å². The maximum absolute atomic E-state index is 12.9. The van der Waals surface area contributed by atoms with E-state index in [2.05, 4.69) is 72.2 Å². The van der Waals surface area contributed by atoms with Gasteiger partial charge in [0, 0.05) is 42.8 Å². The number of likely N-dealkylation sites (N-methyl/N-ethyl adjacent to an activating group) is 2. The third kappa shape index (κ3) is 6.68.